The molecule has 0 N–H and O–H groups in total. The Labute approximate surface area is 166 Å². The summed E-state index contributed by atoms with van der Waals surface area (Å²) >= 11 is 6.05. The van der Waals surface area contributed by atoms with Crippen molar-refractivity contribution in [3.8, 4) is 0 Å². The molecule has 146 valence electrons. The van der Waals surface area contributed by atoms with Crippen LogP contribution in [-0.2, 0) is 4.79 Å². The number of benzene rings is 2. The van der Waals surface area contributed by atoms with Gasteiger partial charge in [0, 0.05) is 38.4 Å². The molecule has 2 aromatic rings. The molecule has 2 aliphatic heterocycles. The Bertz CT molecular complexity index is 932. The third-order valence-corrected chi connectivity index (χ3v) is 6.04. The van der Waals surface area contributed by atoms with E-state index in [0.717, 1.165) is 0 Å². The third-order valence-electron chi connectivity index (χ3n) is 5.72. The van der Waals surface area contributed by atoms with Gasteiger partial charge in [-0.1, -0.05) is 29.8 Å². The van der Waals surface area contributed by atoms with Crippen LogP contribution in [0.5, 0.6) is 0 Å². The first-order valence-electron chi connectivity index (χ1n) is 9.12. The Hall–Kier alpha value is -2.47. The molecular weight excluding hydrogens is 386 g/mol. The van der Waals surface area contributed by atoms with Crippen molar-refractivity contribution in [1.29, 1.82) is 0 Å². The van der Waals surface area contributed by atoms with Crippen molar-refractivity contribution in [3.05, 3.63) is 70.2 Å². The molecule has 7 heteroatoms. The number of carbonyl (C=O) groups is 2. The Morgan fingerprint density at radius 1 is 1.07 bits per heavy atom. The minimum atomic E-state index is -0.651. The normalized spacial score (nSPS) is 23.8. The maximum atomic E-state index is 14.2. The summed E-state index contributed by atoms with van der Waals surface area (Å²) in [5.74, 6) is -1.55. The van der Waals surface area contributed by atoms with Crippen LogP contribution >= 0.6 is 11.6 Å². The summed E-state index contributed by atoms with van der Waals surface area (Å²) in [5, 5.41) is 0.0779. The lowest BCUT2D eigenvalue weighted by atomic mass is 9.89. The monoisotopic (exact) mass is 404 g/mol. The summed E-state index contributed by atoms with van der Waals surface area (Å²) in [7, 11) is 0. The van der Waals surface area contributed by atoms with Crippen molar-refractivity contribution in [2.75, 3.05) is 19.6 Å². The van der Waals surface area contributed by atoms with Crippen LogP contribution in [0.15, 0.2) is 42.5 Å². The number of carbonyl (C=O) groups excluding carboxylic acids is 2. The average Bonchev–Trinajstić information content (AvgIpc) is 3.19. The molecule has 4 nitrogen and oxygen atoms in total. The summed E-state index contributed by atoms with van der Waals surface area (Å²) in [6, 6.07) is 10.0. The highest BCUT2D eigenvalue weighted by atomic mass is 35.5. The van der Waals surface area contributed by atoms with Crippen molar-refractivity contribution in [3.63, 3.8) is 0 Å². The fraction of sp³-hybridized carbons (Fsp3) is 0.333. The molecule has 2 aromatic carbocycles. The lowest BCUT2D eigenvalue weighted by molar-refractivity contribution is -0.130. The van der Waals surface area contributed by atoms with Gasteiger partial charge in [-0.15, -0.1) is 0 Å². The van der Waals surface area contributed by atoms with E-state index in [9.17, 15) is 18.4 Å². The standard InChI is InChI=1S/C21H19ClF2N2O2/c1-12(27)26-10-14-9-25(21(28)19-17(22)6-3-7-18(19)24)11-16(14)20(26)13-4-2-5-15(23)8-13/h2-8,14,16,20H,9-11H2,1H3/t14-,16-,20-/m1/s1. The number of hydrogen-bond acceptors (Lipinski definition) is 2. The van der Waals surface area contributed by atoms with E-state index < -0.39 is 11.7 Å². The zero-order valence-electron chi connectivity index (χ0n) is 15.2. The Morgan fingerprint density at radius 3 is 2.50 bits per heavy atom. The largest absolute Gasteiger partial charge is 0.338 e. The number of likely N-dealkylation sites (tertiary alicyclic amines) is 2. The van der Waals surface area contributed by atoms with Gasteiger partial charge in [0.25, 0.3) is 5.91 Å². The van der Waals surface area contributed by atoms with Gasteiger partial charge < -0.3 is 9.80 Å². The van der Waals surface area contributed by atoms with Crippen molar-refractivity contribution < 1.29 is 18.4 Å². The van der Waals surface area contributed by atoms with E-state index in [1.54, 1.807) is 21.9 Å². The lowest BCUT2D eigenvalue weighted by Crippen LogP contribution is -2.36. The number of nitrogens with zero attached hydrogens (tertiary/aromatic N) is 2. The molecule has 0 aromatic heterocycles. The van der Waals surface area contributed by atoms with Crippen molar-refractivity contribution >= 4 is 23.4 Å². The van der Waals surface area contributed by atoms with Gasteiger partial charge >= 0.3 is 0 Å². The molecule has 2 heterocycles. The number of fused-ring (bicyclic) bond motifs is 1. The highest BCUT2D eigenvalue weighted by molar-refractivity contribution is 6.33. The molecule has 0 spiro atoms. The van der Waals surface area contributed by atoms with E-state index in [1.165, 1.54) is 37.3 Å². The van der Waals surface area contributed by atoms with Gasteiger partial charge in [-0.25, -0.2) is 8.78 Å². The fourth-order valence-electron chi connectivity index (χ4n) is 4.51. The maximum Gasteiger partial charge on any atom is 0.258 e. The predicted molar refractivity (Wildman–Crippen MR) is 101 cm³/mol. The molecule has 28 heavy (non-hydrogen) atoms. The zero-order chi connectivity index (χ0) is 20.0. The van der Waals surface area contributed by atoms with Crippen molar-refractivity contribution in [2.24, 2.45) is 11.8 Å². The number of halogens is 3. The highest BCUT2D eigenvalue weighted by Gasteiger charge is 2.49. The molecule has 0 radical (unpaired) electrons. The first kappa shape index (κ1) is 18.9. The predicted octanol–water partition coefficient (Wildman–Crippen LogP) is 3.91. The first-order chi connectivity index (χ1) is 13.4. The summed E-state index contributed by atoms with van der Waals surface area (Å²) < 4.78 is 28.0. The molecule has 0 bridgehead atoms. The van der Waals surface area contributed by atoms with Crippen LogP contribution in [0.1, 0.15) is 28.9 Å². The summed E-state index contributed by atoms with van der Waals surface area (Å²) in [6.45, 7) is 2.74. The van der Waals surface area contributed by atoms with Gasteiger partial charge in [0.05, 0.1) is 16.6 Å². The smallest absolute Gasteiger partial charge is 0.258 e. The lowest BCUT2D eigenvalue weighted by Gasteiger charge is -2.29. The van der Waals surface area contributed by atoms with E-state index in [-0.39, 0.29) is 40.2 Å². The second-order valence-electron chi connectivity index (χ2n) is 7.40. The molecule has 0 unspecified atom stereocenters. The summed E-state index contributed by atoms with van der Waals surface area (Å²) in [5.41, 5.74) is 0.579. The zero-order valence-corrected chi connectivity index (χ0v) is 16.0. The van der Waals surface area contributed by atoms with E-state index >= 15 is 0 Å². The minimum absolute atomic E-state index is 0.0415. The molecule has 0 saturated carbocycles. The minimum Gasteiger partial charge on any atom is -0.338 e. The topological polar surface area (TPSA) is 40.6 Å². The fourth-order valence-corrected chi connectivity index (χ4v) is 4.76. The number of amides is 2. The second kappa shape index (κ2) is 7.17. The van der Waals surface area contributed by atoms with Crippen molar-refractivity contribution in [2.45, 2.75) is 13.0 Å². The van der Waals surface area contributed by atoms with Crippen LogP contribution < -0.4 is 0 Å². The molecule has 2 amide bonds. The number of rotatable bonds is 2. The van der Waals surface area contributed by atoms with E-state index in [4.69, 9.17) is 11.6 Å². The Balaban J connectivity index is 1.63. The third kappa shape index (κ3) is 3.15. The summed E-state index contributed by atoms with van der Waals surface area (Å²) in [6.07, 6.45) is 0. The molecule has 2 fully saturated rings. The van der Waals surface area contributed by atoms with E-state index in [0.29, 0.717) is 25.2 Å². The second-order valence-corrected chi connectivity index (χ2v) is 7.81. The van der Waals surface area contributed by atoms with Crippen LogP contribution in [0.3, 0.4) is 0 Å². The average molecular weight is 405 g/mol. The molecule has 2 saturated heterocycles. The van der Waals surface area contributed by atoms with Gasteiger partial charge in [0.15, 0.2) is 0 Å². The van der Waals surface area contributed by atoms with Crippen molar-refractivity contribution in [1.82, 2.24) is 9.80 Å². The molecule has 2 aliphatic rings. The molecule has 0 aliphatic carbocycles. The summed E-state index contributed by atoms with van der Waals surface area (Å²) in [4.78, 5) is 28.4. The molecule has 3 atom stereocenters. The van der Waals surface area contributed by atoms with Crippen LogP contribution in [-0.4, -0.2) is 41.2 Å². The van der Waals surface area contributed by atoms with Crippen LogP contribution in [0, 0.1) is 23.5 Å². The SMILES string of the molecule is CC(=O)N1C[C@H]2CN(C(=O)c3c(F)cccc3Cl)C[C@H]2[C@H]1c1cccc(F)c1. The highest BCUT2D eigenvalue weighted by Crippen LogP contribution is 2.45. The Kier molecular flexibility index (Phi) is 4.83. The van der Waals surface area contributed by atoms with Gasteiger partial charge in [0.2, 0.25) is 5.91 Å². The van der Waals surface area contributed by atoms with Crippen LogP contribution in [0.2, 0.25) is 5.02 Å². The molecule has 4 rings (SSSR count). The van der Waals surface area contributed by atoms with E-state index in [2.05, 4.69) is 0 Å². The van der Waals surface area contributed by atoms with Gasteiger partial charge in [-0.3, -0.25) is 9.59 Å². The van der Waals surface area contributed by atoms with Gasteiger partial charge in [0.1, 0.15) is 11.6 Å². The van der Waals surface area contributed by atoms with Gasteiger partial charge in [-0.05, 0) is 29.8 Å². The van der Waals surface area contributed by atoms with Gasteiger partial charge in [-0.2, -0.15) is 0 Å². The number of hydrogen-bond donors (Lipinski definition) is 0. The van der Waals surface area contributed by atoms with Crippen LogP contribution in [0.4, 0.5) is 8.78 Å². The molecular formula is C21H19ClF2N2O2. The first-order valence-corrected chi connectivity index (χ1v) is 9.50. The maximum absolute atomic E-state index is 14.2. The quantitative estimate of drug-likeness (QED) is 0.761. The van der Waals surface area contributed by atoms with E-state index in [1.807, 2.05) is 0 Å². The van der Waals surface area contributed by atoms with Crippen LogP contribution in [0.25, 0.3) is 0 Å². The Morgan fingerprint density at radius 2 is 1.82 bits per heavy atom.